The molecule has 0 fully saturated rings. The summed E-state index contributed by atoms with van der Waals surface area (Å²) < 4.78 is 26.8. The molecule has 0 saturated heterocycles. The Hall–Kier alpha value is -4.20. The van der Waals surface area contributed by atoms with E-state index in [1.807, 2.05) is 32.0 Å². The van der Waals surface area contributed by atoms with Crippen molar-refractivity contribution in [2.24, 2.45) is 0 Å². The normalized spacial score (nSPS) is 10.3. The third-order valence-corrected chi connectivity index (χ3v) is 5.59. The zero-order valence-corrected chi connectivity index (χ0v) is 20.7. The first-order valence-corrected chi connectivity index (χ1v) is 10.8. The van der Waals surface area contributed by atoms with Gasteiger partial charge < -0.3 is 29.0 Å². The Bertz CT molecular complexity index is 1240. The van der Waals surface area contributed by atoms with Crippen molar-refractivity contribution < 1.29 is 33.3 Å². The van der Waals surface area contributed by atoms with Crippen molar-refractivity contribution in [3.8, 4) is 23.0 Å². The molecule has 3 aromatic rings. The Morgan fingerprint density at radius 2 is 1.46 bits per heavy atom. The molecule has 0 saturated carbocycles. The first-order valence-electron chi connectivity index (χ1n) is 10.8. The van der Waals surface area contributed by atoms with E-state index in [2.05, 4.69) is 5.32 Å². The zero-order valence-electron chi connectivity index (χ0n) is 20.7. The summed E-state index contributed by atoms with van der Waals surface area (Å²) in [5.41, 5.74) is 3.71. The molecule has 0 aromatic heterocycles. The average molecular weight is 480 g/mol. The number of hydrogen-bond acceptors (Lipinski definition) is 7. The molecule has 3 rings (SSSR count). The van der Waals surface area contributed by atoms with Gasteiger partial charge in [-0.15, -0.1) is 0 Å². The number of benzene rings is 3. The van der Waals surface area contributed by atoms with Crippen LogP contribution in [0.1, 0.15) is 37.4 Å². The molecule has 0 heterocycles. The standard InChI is InChI=1S/C27H29NO7/c1-16-7-9-20(11-17(16)2)35-15-19-12-18(8-10-23(19)31-3)26(29)28-22-14-25(33-5)24(32-4)13-21(22)27(30)34-6/h7-14H,15H2,1-6H3,(H,28,29). The molecule has 0 aliphatic carbocycles. The lowest BCUT2D eigenvalue weighted by Crippen LogP contribution is -2.16. The Morgan fingerprint density at radius 1 is 0.771 bits per heavy atom. The lowest BCUT2D eigenvalue weighted by atomic mass is 10.1. The van der Waals surface area contributed by atoms with Crippen LogP contribution in [-0.4, -0.2) is 40.3 Å². The van der Waals surface area contributed by atoms with Gasteiger partial charge in [0.05, 0.1) is 39.7 Å². The molecular weight excluding hydrogens is 450 g/mol. The third kappa shape index (κ3) is 5.84. The molecule has 8 heteroatoms. The van der Waals surface area contributed by atoms with Crippen molar-refractivity contribution >= 4 is 17.6 Å². The number of methoxy groups -OCH3 is 4. The fourth-order valence-electron chi connectivity index (χ4n) is 3.45. The van der Waals surface area contributed by atoms with Crippen LogP contribution in [-0.2, 0) is 11.3 Å². The van der Waals surface area contributed by atoms with E-state index >= 15 is 0 Å². The monoisotopic (exact) mass is 479 g/mol. The Balaban J connectivity index is 1.88. The van der Waals surface area contributed by atoms with Crippen molar-refractivity contribution in [2.75, 3.05) is 33.8 Å². The van der Waals surface area contributed by atoms with Gasteiger partial charge >= 0.3 is 5.97 Å². The predicted octanol–water partition coefficient (Wildman–Crippen LogP) is 4.95. The third-order valence-electron chi connectivity index (χ3n) is 5.59. The average Bonchev–Trinajstić information content (AvgIpc) is 2.88. The van der Waals surface area contributed by atoms with Crippen LogP contribution in [0.15, 0.2) is 48.5 Å². The summed E-state index contributed by atoms with van der Waals surface area (Å²) in [6.45, 7) is 4.26. The number of anilines is 1. The minimum Gasteiger partial charge on any atom is -0.496 e. The van der Waals surface area contributed by atoms with Gasteiger partial charge in [-0.05, 0) is 55.3 Å². The van der Waals surface area contributed by atoms with Gasteiger partial charge in [0.15, 0.2) is 11.5 Å². The predicted molar refractivity (Wildman–Crippen MR) is 132 cm³/mol. The molecule has 0 unspecified atom stereocenters. The number of esters is 1. The Morgan fingerprint density at radius 3 is 2.09 bits per heavy atom. The van der Waals surface area contributed by atoms with E-state index in [-0.39, 0.29) is 17.9 Å². The van der Waals surface area contributed by atoms with Crippen molar-refractivity contribution in [1.82, 2.24) is 0 Å². The summed E-state index contributed by atoms with van der Waals surface area (Å²) >= 11 is 0. The molecule has 1 amide bonds. The van der Waals surface area contributed by atoms with E-state index in [9.17, 15) is 9.59 Å². The SMILES string of the molecule is COC(=O)c1cc(OC)c(OC)cc1NC(=O)c1ccc(OC)c(COc2ccc(C)c(C)c2)c1. The highest BCUT2D eigenvalue weighted by Crippen LogP contribution is 2.34. The van der Waals surface area contributed by atoms with Gasteiger partial charge in [-0.1, -0.05) is 6.07 Å². The molecule has 0 atom stereocenters. The van der Waals surface area contributed by atoms with E-state index in [1.165, 1.54) is 39.0 Å². The second-order valence-corrected chi connectivity index (χ2v) is 7.76. The second-order valence-electron chi connectivity index (χ2n) is 7.76. The molecule has 0 aliphatic rings. The summed E-state index contributed by atoms with van der Waals surface area (Å²) in [6, 6.07) is 13.8. The van der Waals surface area contributed by atoms with Crippen LogP contribution in [0.3, 0.4) is 0 Å². The molecule has 1 N–H and O–H groups in total. The van der Waals surface area contributed by atoms with Gasteiger partial charge in [0.1, 0.15) is 18.1 Å². The molecule has 3 aromatic carbocycles. The first-order chi connectivity index (χ1) is 16.8. The molecule has 0 radical (unpaired) electrons. The van der Waals surface area contributed by atoms with Crippen LogP contribution in [0, 0.1) is 13.8 Å². The summed E-state index contributed by atoms with van der Waals surface area (Å²) in [7, 11) is 5.74. The molecular formula is C27H29NO7. The van der Waals surface area contributed by atoms with E-state index in [0.29, 0.717) is 28.4 Å². The second kappa shape index (κ2) is 11.3. The molecule has 0 spiro atoms. The summed E-state index contributed by atoms with van der Waals surface area (Å²) in [5.74, 6) is 0.939. The fraction of sp³-hybridized carbons (Fsp3) is 0.259. The Kier molecular flexibility index (Phi) is 8.20. The molecule has 8 nitrogen and oxygen atoms in total. The number of nitrogens with one attached hydrogen (secondary N) is 1. The first kappa shape index (κ1) is 25.4. The van der Waals surface area contributed by atoms with E-state index < -0.39 is 11.9 Å². The van der Waals surface area contributed by atoms with Crippen LogP contribution < -0.4 is 24.3 Å². The van der Waals surface area contributed by atoms with Crippen molar-refractivity contribution in [3.05, 3.63) is 76.3 Å². The molecule has 35 heavy (non-hydrogen) atoms. The number of hydrogen-bond donors (Lipinski definition) is 1. The molecule has 0 bridgehead atoms. The van der Waals surface area contributed by atoms with Gasteiger partial charge in [0.2, 0.25) is 0 Å². The number of amides is 1. The highest BCUT2D eigenvalue weighted by molar-refractivity contribution is 6.08. The summed E-state index contributed by atoms with van der Waals surface area (Å²) in [5, 5.41) is 2.76. The van der Waals surface area contributed by atoms with Crippen molar-refractivity contribution in [3.63, 3.8) is 0 Å². The Labute approximate surface area is 204 Å². The van der Waals surface area contributed by atoms with Crippen LogP contribution in [0.4, 0.5) is 5.69 Å². The van der Waals surface area contributed by atoms with Gasteiger partial charge in [-0.3, -0.25) is 4.79 Å². The number of rotatable bonds is 9. The van der Waals surface area contributed by atoms with Crippen molar-refractivity contribution in [2.45, 2.75) is 20.5 Å². The lowest BCUT2D eigenvalue weighted by molar-refractivity contribution is 0.0601. The van der Waals surface area contributed by atoms with E-state index in [1.54, 1.807) is 25.3 Å². The zero-order chi connectivity index (χ0) is 25.5. The largest absolute Gasteiger partial charge is 0.496 e. The lowest BCUT2D eigenvalue weighted by Gasteiger charge is -2.16. The van der Waals surface area contributed by atoms with Gasteiger partial charge in [-0.2, -0.15) is 0 Å². The van der Waals surface area contributed by atoms with Crippen LogP contribution >= 0.6 is 0 Å². The number of aryl methyl sites for hydroxylation is 2. The summed E-state index contributed by atoms with van der Waals surface area (Å²) in [6.07, 6.45) is 0. The van der Waals surface area contributed by atoms with Crippen LogP contribution in [0.25, 0.3) is 0 Å². The molecule has 0 aliphatic heterocycles. The number of carbonyl (C=O) groups excluding carboxylic acids is 2. The van der Waals surface area contributed by atoms with Gasteiger partial charge in [0.25, 0.3) is 5.91 Å². The van der Waals surface area contributed by atoms with Gasteiger partial charge in [-0.25, -0.2) is 4.79 Å². The maximum absolute atomic E-state index is 13.1. The highest BCUT2D eigenvalue weighted by atomic mass is 16.5. The van der Waals surface area contributed by atoms with Crippen LogP contribution in [0.2, 0.25) is 0 Å². The van der Waals surface area contributed by atoms with E-state index in [0.717, 1.165) is 11.3 Å². The maximum atomic E-state index is 13.1. The molecule has 184 valence electrons. The van der Waals surface area contributed by atoms with Crippen LogP contribution in [0.5, 0.6) is 23.0 Å². The minimum absolute atomic E-state index is 0.130. The topological polar surface area (TPSA) is 92.3 Å². The maximum Gasteiger partial charge on any atom is 0.340 e. The fourth-order valence-corrected chi connectivity index (χ4v) is 3.45. The summed E-state index contributed by atoms with van der Waals surface area (Å²) in [4.78, 5) is 25.4. The quantitative estimate of drug-likeness (QED) is 0.434. The number of carbonyl (C=O) groups is 2. The smallest absolute Gasteiger partial charge is 0.340 e. The van der Waals surface area contributed by atoms with E-state index in [4.69, 9.17) is 23.7 Å². The minimum atomic E-state index is -0.626. The van der Waals surface area contributed by atoms with Crippen molar-refractivity contribution in [1.29, 1.82) is 0 Å². The van der Waals surface area contributed by atoms with Gasteiger partial charge in [0, 0.05) is 23.3 Å². The number of ether oxygens (including phenoxy) is 5. The highest BCUT2D eigenvalue weighted by Gasteiger charge is 2.20.